The molecular formula is C26H26N4O2S. The molecule has 1 aromatic heterocycles. The molecule has 0 aliphatic carbocycles. The van der Waals surface area contributed by atoms with Crippen LogP contribution in [0, 0.1) is 0 Å². The molecule has 168 valence electrons. The Balaban J connectivity index is 1.22. The predicted molar refractivity (Wildman–Crippen MR) is 132 cm³/mol. The fraction of sp³-hybridized carbons (Fsp3) is 0.269. The molecule has 0 spiro atoms. The van der Waals surface area contributed by atoms with Crippen LogP contribution in [0.25, 0.3) is 0 Å². The summed E-state index contributed by atoms with van der Waals surface area (Å²) in [5, 5.41) is 0. The minimum absolute atomic E-state index is 0.0257. The molecule has 0 atom stereocenters. The Morgan fingerprint density at radius 3 is 2.42 bits per heavy atom. The van der Waals surface area contributed by atoms with E-state index < -0.39 is 0 Å². The number of amides is 2. The number of nitrogens with zero attached hydrogens (tertiary/aromatic N) is 4. The van der Waals surface area contributed by atoms with Crippen molar-refractivity contribution < 1.29 is 9.59 Å². The van der Waals surface area contributed by atoms with Gasteiger partial charge in [0.1, 0.15) is 5.82 Å². The van der Waals surface area contributed by atoms with Crippen LogP contribution in [0.4, 0.5) is 11.5 Å². The van der Waals surface area contributed by atoms with E-state index in [1.807, 2.05) is 70.5 Å². The van der Waals surface area contributed by atoms with Crippen molar-refractivity contribution in [1.82, 2.24) is 9.88 Å². The smallest absolute Gasteiger partial charge is 0.255 e. The van der Waals surface area contributed by atoms with Gasteiger partial charge < -0.3 is 14.7 Å². The van der Waals surface area contributed by atoms with Gasteiger partial charge in [0, 0.05) is 49.5 Å². The summed E-state index contributed by atoms with van der Waals surface area (Å²) in [5.74, 6) is 1.36. The molecule has 1 fully saturated rings. The molecule has 2 amide bonds. The number of hydrogen-bond donors (Lipinski definition) is 0. The van der Waals surface area contributed by atoms with Gasteiger partial charge in [-0.2, -0.15) is 0 Å². The van der Waals surface area contributed by atoms with Crippen molar-refractivity contribution in [2.75, 3.05) is 48.3 Å². The van der Waals surface area contributed by atoms with Gasteiger partial charge >= 0.3 is 0 Å². The normalized spacial score (nSPS) is 15.5. The summed E-state index contributed by atoms with van der Waals surface area (Å²) in [6.07, 6.45) is 2.69. The zero-order chi connectivity index (χ0) is 22.6. The highest BCUT2D eigenvalue weighted by atomic mass is 32.2. The molecule has 0 bridgehead atoms. The number of aromatic nitrogens is 1. The minimum Gasteiger partial charge on any atom is -0.353 e. The lowest BCUT2D eigenvalue weighted by atomic mass is 10.2. The Morgan fingerprint density at radius 1 is 0.848 bits per heavy atom. The third kappa shape index (κ3) is 4.59. The van der Waals surface area contributed by atoms with Crippen LogP contribution >= 0.6 is 11.8 Å². The fourth-order valence-electron chi connectivity index (χ4n) is 4.43. The van der Waals surface area contributed by atoms with Crippen molar-refractivity contribution in [2.45, 2.75) is 11.3 Å². The second-order valence-corrected chi connectivity index (χ2v) is 9.19. The first-order valence-corrected chi connectivity index (χ1v) is 12.2. The van der Waals surface area contributed by atoms with E-state index in [2.05, 4.69) is 16.0 Å². The lowest BCUT2D eigenvalue weighted by molar-refractivity contribution is -0.116. The highest BCUT2D eigenvalue weighted by Crippen LogP contribution is 2.30. The van der Waals surface area contributed by atoms with Crippen molar-refractivity contribution >= 4 is 35.1 Å². The number of hydrogen-bond acceptors (Lipinski definition) is 5. The Bertz CT molecular complexity index is 1150. The average Bonchev–Trinajstić information content (AvgIpc) is 3.32. The molecule has 5 rings (SSSR count). The SMILES string of the molecule is O=C(c1ccccc1SCC(=O)N1CCc2ccccc21)N1CCN(c2ccccn2)CC1. The summed E-state index contributed by atoms with van der Waals surface area (Å²) in [6, 6.07) is 21.6. The number of fused-ring (bicyclic) bond motifs is 1. The van der Waals surface area contributed by atoms with E-state index in [-0.39, 0.29) is 11.8 Å². The number of benzene rings is 2. The highest BCUT2D eigenvalue weighted by molar-refractivity contribution is 8.00. The first-order valence-electron chi connectivity index (χ1n) is 11.3. The molecule has 33 heavy (non-hydrogen) atoms. The second-order valence-electron chi connectivity index (χ2n) is 8.18. The van der Waals surface area contributed by atoms with Crippen molar-refractivity contribution in [3.63, 3.8) is 0 Å². The van der Waals surface area contributed by atoms with Crippen LogP contribution in [0.2, 0.25) is 0 Å². The van der Waals surface area contributed by atoms with Crippen molar-refractivity contribution in [3.05, 3.63) is 84.1 Å². The van der Waals surface area contributed by atoms with Gasteiger partial charge in [-0.1, -0.05) is 36.4 Å². The summed E-state index contributed by atoms with van der Waals surface area (Å²) in [5.41, 5.74) is 2.90. The second kappa shape index (κ2) is 9.67. The monoisotopic (exact) mass is 458 g/mol. The molecule has 3 heterocycles. The maximum absolute atomic E-state index is 13.3. The Hall–Kier alpha value is -3.32. The van der Waals surface area contributed by atoms with E-state index in [1.165, 1.54) is 17.3 Å². The van der Waals surface area contributed by atoms with Gasteiger partial charge in [-0.25, -0.2) is 4.98 Å². The summed E-state index contributed by atoms with van der Waals surface area (Å²) in [6.45, 7) is 3.53. The van der Waals surface area contributed by atoms with Gasteiger partial charge in [-0.05, 0) is 42.3 Å². The molecule has 7 heteroatoms. The third-order valence-corrected chi connectivity index (χ3v) is 7.26. The van der Waals surface area contributed by atoms with Crippen LogP contribution in [0.1, 0.15) is 15.9 Å². The molecule has 6 nitrogen and oxygen atoms in total. The molecule has 0 unspecified atom stereocenters. The van der Waals surface area contributed by atoms with Gasteiger partial charge in [0.25, 0.3) is 5.91 Å². The zero-order valence-electron chi connectivity index (χ0n) is 18.4. The predicted octanol–water partition coefficient (Wildman–Crippen LogP) is 3.73. The van der Waals surface area contributed by atoms with Crippen LogP contribution in [-0.4, -0.2) is 60.2 Å². The largest absolute Gasteiger partial charge is 0.353 e. The van der Waals surface area contributed by atoms with Crippen molar-refractivity contribution in [1.29, 1.82) is 0 Å². The topological polar surface area (TPSA) is 56.8 Å². The number of thioether (sulfide) groups is 1. The Morgan fingerprint density at radius 2 is 1.61 bits per heavy atom. The maximum atomic E-state index is 13.3. The van der Waals surface area contributed by atoms with E-state index in [0.717, 1.165) is 42.5 Å². The Labute approximate surface area is 198 Å². The standard InChI is InChI=1S/C26H26N4O2S/c31-25(30-14-12-20-7-1-3-9-22(20)30)19-33-23-10-4-2-8-21(23)26(32)29-17-15-28(16-18-29)24-11-5-6-13-27-24/h1-11,13H,12,14-19H2. The molecule has 2 aromatic carbocycles. The zero-order valence-corrected chi connectivity index (χ0v) is 19.2. The average molecular weight is 459 g/mol. The van der Waals surface area contributed by atoms with Crippen LogP contribution in [0.15, 0.2) is 77.8 Å². The number of para-hydroxylation sites is 1. The molecule has 0 radical (unpaired) electrons. The fourth-order valence-corrected chi connectivity index (χ4v) is 5.35. The first-order chi connectivity index (χ1) is 16.2. The molecule has 0 saturated carbocycles. The number of anilines is 2. The van der Waals surface area contributed by atoms with Crippen molar-refractivity contribution in [3.8, 4) is 0 Å². The summed E-state index contributed by atoms with van der Waals surface area (Å²) in [4.78, 5) is 37.5. The van der Waals surface area contributed by atoms with Gasteiger partial charge in [0.05, 0.1) is 11.3 Å². The van der Waals surface area contributed by atoms with Crippen LogP contribution in [-0.2, 0) is 11.2 Å². The third-order valence-electron chi connectivity index (χ3n) is 6.20. The molecule has 1 saturated heterocycles. The van der Waals surface area contributed by atoms with Gasteiger partial charge in [-0.3, -0.25) is 9.59 Å². The Kier molecular flexibility index (Phi) is 6.30. The van der Waals surface area contributed by atoms with Gasteiger partial charge in [0.15, 0.2) is 0 Å². The quantitative estimate of drug-likeness (QED) is 0.546. The number of carbonyl (C=O) groups excluding carboxylic acids is 2. The molecular weight excluding hydrogens is 432 g/mol. The van der Waals surface area contributed by atoms with E-state index >= 15 is 0 Å². The number of carbonyl (C=O) groups is 2. The molecule has 2 aliphatic rings. The van der Waals surface area contributed by atoms with E-state index in [9.17, 15) is 9.59 Å². The summed E-state index contributed by atoms with van der Waals surface area (Å²) >= 11 is 1.45. The highest BCUT2D eigenvalue weighted by Gasteiger charge is 2.26. The van der Waals surface area contributed by atoms with E-state index in [0.29, 0.717) is 24.4 Å². The first kappa shape index (κ1) is 21.5. The number of rotatable bonds is 5. The molecule has 2 aliphatic heterocycles. The van der Waals surface area contributed by atoms with Gasteiger partial charge in [0.2, 0.25) is 5.91 Å². The van der Waals surface area contributed by atoms with E-state index in [1.54, 1.807) is 6.20 Å². The minimum atomic E-state index is 0.0257. The van der Waals surface area contributed by atoms with Crippen LogP contribution in [0.5, 0.6) is 0 Å². The number of pyridine rings is 1. The van der Waals surface area contributed by atoms with Crippen LogP contribution in [0.3, 0.4) is 0 Å². The molecule has 0 N–H and O–H groups in total. The number of piperazine rings is 1. The molecule has 3 aromatic rings. The maximum Gasteiger partial charge on any atom is 0.255 e. The lowest BCUT2D eigenvalue weighted by Gasteiger charge is -2.35. The van der Waals surface area contributed by atoms with Crippen LogP contribution < -0.4 is 9.80 Å². The summed E-state index contributed by atoms with van der Waals surface area (Å²) < 4.78 is 0. The van der Waals surface area contributed by atoms with Gasteiger partial charge in [-0.15, -0.1) is 11.8 Å². The van der Waals surface area contributed by atoms with Crippen molar-refractivity contribution in [2.24, 2.45) is 0 Å². The van der Waals surface area contributed by atoms with E-state index in [4.69, 9.17) is 0 Å². The lowest BCUT2D eigenvalue weighted by Crippen LogP contribution is -2.49. The summed E-state index contributed by atoms with van der Waals surface area (Å²) in [7, 11) is 0.